The average molecular weight is 261 g/mol. The third-order valence-electron chi connectivity index (χ3n) is 3.35. The van der Waals surface area contributed by atoms with Crippen LogP contribution in [0, 0.1) is 5.82 Å². The van der Waals surface area contributed by atoms with E-state index in [2.05, 4.69) is 0 Å². The maximum atomic E-state index is 12.9. The van der Waals surface area contributed by atoms with Crippen LogP contribution < -0.4 is 0 Å². The zero-order valence-electron chi connectivity index (χ0n) is 9.49. The molecule has 0 aromatic heterocycles. The Bertz CT molecular complexity index is 619. The Kier molecular flexibility index (Phi) is 2.67. The molecule has 3 rings (SSSR count). The Balaban J connectivity index is 1.99. The molecular formula is C15H10ClFO. The van der Waals surface area contributed by atoms with Gasteiger partial charge in [0.1, 0.15) is 5.82 Å². The van der Waals surface area contributed by atoms with Gasteiger partial charge in [0.15, 0.2) is 5.78 Å². The Morgan fingerprint density at radius 2 is 1.83 bits per heavy atom. The van der Waals surface area contributed by atoms with Crippen molar-refractivity contribution in [2.75, 3.05) is 0 Å². The van der Waals surface area contributed by atoms with Crippen molar-refractivity contribution in [1.82, 2.24) is 0 Å². The topological polar surface area (TPSA) is 17.1 Å². The smallest absolute Gasteiger partial charge is 0.170 e. The minimum Gasteiger partial charge on any atom is -0.293 e. The van der Waals surface area contributed by atoms with Gasteiger partial charge in [-0.1, -0.05) is 23.7 Å². The summed E-state index contributed by atoms with van der Waals surface area (Å²) >= 11 is 5.92. The van der Waals surface area contributed by atoms with Gasteiger partial charge in [-0.15, -0.1) is 0 Å². The zero-order valence-corrected chi connectivity index (χ0v) is 10.2. The second kappa shape index (κ2) is 4.21. The quantitative estimate of drug-likeness (QED) is 0.757. The molecule has 0 fully saturated rings. The van der Waals surface area contributed by atoms with Crippen molar-refractivity contribution in [3.8, 4) is 0 Å². The highest BCUT2D eigenvalue weighted by Crippen LogP contribution is 2.35. The summed E-state index contributed by atoms with van der Waals surface area (Å²) in [5.74, 6) is -0.405. The molecule has 1 atom stereocenters. The first-order valence-electron chi connectivity index (χ1n) is 5.73. The fourth-order valence-electron chi connectivity index (χ4n) is 2.44. The molecule has 3 heteroatoms. The summed E-state index contributed by atoms with van der Waals surface area (Å²) in [4.78, 5) is 12.3. The van der Waals surface area contributed by atoms with Crippen molar-refractivity contribution in [3.63, 3.8) is 0 Å². The van der Waals surface area contributed by atoms with E-state index in [1.54, 1.807) is 24.3 Å². The maximum absolute atomic E-state index is 12.9. The third-order valence-corrected chi connectivity index (χ3v) is 3.58. The van der Waals surface area contributed by atoms with Gasteiger partial charge in [0, 0.05) is 10.6 Å². The molecule has 0 saturated heterocycles. The molecule has 0 bridgehead atoms. The summed E-state index contributed by atoms with van der Waals surface area (Å²) < 4.78 is 12.9. The highest BCUT2D eigenvalue weighted by Gasteiger charge is 2.31. The number of carbonyl (C=O) groups is 1. The van der Waals surface area contributed by atoms with E-state index in [1.165, 1.54) is 12.1 Å². The summed E-state index contributed by atoms with van der Waals surface area (Å²) in [6.45, 7) is 0. The second-order valence-electron chi connectivity index (χ2n) is 4.47. The Hall–Kier alpha value is -1.67. The number of rotatable bonds is 1. The van der Waals surface area contributed by atoms with E-state index in [9.17, 15) is 9.18 Å². The number of carbonyl (C=O) groups excluding carboxylic acids is 1. The minimum atomic E-state index is -0.287. The average Bonchev–Trinajstić information content (AvgIpc) is 2.67. The molecule has 0 spiro atoms. The van der Waals surface area contributed by atoms with E-state index in [0.29, 0.717) is 11.4 Å². The molecular weight excluding hydrogens is 251 g/mol. The molecule has 1 aliphatic carbocycles. The van der Waals surface area contributed by atoms with Gasteiger partial charge in [0.05, 0.1) is 5.92 Å². The number of hydrogen-bond donors (Lipinski definition) is 0. The van der Waals surface area contributed by atoms with Gasteiger partial charge in [0.2, 0.25) is 0 Å². The zero-order chi connectivity index (χ0) is 12.7. The number of hydrogen-bond acceptors (Lipinski definition) is 1. The summed E-state index contributed by atoms with van der Waals surface area (Å²) in [5.41, 5.74) is 2.56. The molecule has 90 valence electrons. The van der Waals surface area contributed by atoms with Crippen LogP contribution in [0.3, 0.4) is 0 Å². The van der Waals surface area contributed by atoms with Gasteiger partial charge in [-0.3, -0.25) is 4.79 Å². The molecule has 1 aliphatic rings. The second-order valence-corrected chi connectivity index (χ2v) is 4.91. The van der Waals surface area contributed by atoms with Gasteiger partial charge < -0.3 is 0 Å². The lowest BCUT2D eigenvalue weighted by Gasteiger charge is -2.07. The predicted octanol–water partition coefficient (Wildman–Crippen LogP) is 4.00. The largest absolute Gasteiger partial charge is 0.293 e. The summed E-state index contributed by atoms with van der Waals surface area (Å²) in [7, 11) is 0. The predicted molar refractivity (Wildman–Crippen MR) is 68.6 cm³/mol. The lowest BCUT2D eigenvalue weighted by Crippen LogP contribution is -2.06. The van der Waals surface area contributed by atoms with Crippen LogP contribution in [-0.2, 0) is 6.42 Å². The lowest BCUT2D eigenvalue weighted by molar-refractivity contribution is 0.0973. The van der Waals surface area contributed by atoms with Crippen LogP contribution in [0.5, 0.6) is 0 Å². The van der Waals surface area contributed by atoms with Crippen LogP contribution in [0.15, 0.2) is 42.5 Å². The minimum absolute atomic E-state index is 0.0910. The van der Waals surface area contributed by atoms with E-state index in [0.717, 1.165) is 16.7 Å². The normalized spacial score (nSPS) is 17.9. The summed E-state index contributed by atoms with van der Waals surface area (Å²) in [6.07, 6.45) is 0.639. The van der Waals surface area contributed by atoms with E-state index in [1.807, 2.05) is 6.07 Å². The van der Waals surface area contributed by atoms with Crippen molar-refractivity contribution in [2.45, 2.75) is 12.3 Å². The van der Waals surface area contributed by atoms with Crippen molar-refractivity contribution < 1.29 is 9.18 Å². The van der Waals surface area contributed by atoms with E-state index < -0.39 is 0 Å². The van der Waals surface area contributed by atoms with Gasteiger partial charge in [-0.2, -0.15) is 0 Å². The SMILES string of the molecule is O=C1c2ccc(Cl)cc2CC1c1ccc(F)cc1. The molecule has 2 aromatic carbocycles. The lowest BCUT2D eigenvalue weighted by atomic mass is 9.95. The van der Waals surface area contributed by atoms with Gasteiger partial charge >= 0.3 is 0 Å². The molecule has 2 aromatic rings. The van der Waals surface area contributed by atoms with E-state index in [-0.39, 0.29) is 17.5 Å². The highest BCUT2D eigenvalue weighted by atomic mass is 35.5. The van der Waals surface area contributed by atoms with Crippen LogP contribution in [0.25, 0.3) is 0 Å². The highest BCUT2D eigenvalue weighted by molar-refractivity contribution is 6.30. The van der Waals surface area contributed by atoms with Crippen molar-refractivity contribution in [3.05, 3.63) is 70.0 Å². The molecule has 0 saturated carbocycles. The molecule has 1 unspecified atom stereocenters. The monoisotopic (exact) mass is 260 g/mol. The van der Waals surface area contributed by atoms with Crippen molar-refractivity contribution >= 4 is 17.4 Å². The van der Waals surface area contributed by atoms with Crippen LogP contribution in [0.2, 0.25) is 5.02 Å². The van der Waals surface area contributed by atoms with Gasteiger partial charge in [0.25, 0.3) is 0 Å². The molecule has 18 heavy (non-hydrogen) atoms. The Morgan fingerprint density at radius 3 is 2.56 bits per heavy atom. The molecule has 1 nitrogen and oxygen atoms in total. The van der Waals surface area contributed by atoms with Crippen LogP contribution in [0.1, 0.15) is 27.4 Å². The van der Waals surface area contributed by atoms with E-state index >= 15 is 0 Å². The fraction of sp³-hybridized carbons (Fsp3) is 0.133. The van der Waals surface area contributed by atoms with Crippen LogP contribution in [0.4, 0.5) is 4.39 Å². The van der Waals surface area contributed by atoms with Gasteiger partial charge in [-0.25, -0.2) is 4.39 Å². The first-order chi connectivity index (χ1) is 8.65. The third kappa shape index (κ3) is 1.83. The number of halogens is 2. The number of ketones is 1. The van der Waals surface area contributed by atoms with Crippen molar-refractivity contribution in [2.24, 2.45) is 0 Å². The Morgan fingerprint density at radius 1 is 1.11 bits per heavy atom. The number of Topliss-reactive ketones (excluding diaryl/α,β-unsaturated/α-hetero) is 1. The van der Waals surface area contributed by atoms with Crippen LogP contribution in [-0.4, -0.2) is 5.78 Å². The molecule has 0 heterocycles. The van der Waals surface area contributed by atoms with Crippen LogP contribution >= 0.6 is 11.6 Å². The first-order valence-corrected chi connectivity index (χ1v) is 6.11. The molecule has 0 amide bonds. The summed E-state index contributed by atoms with van der Waals surface area (Å²) in [6, 6.07) is 11.4. The van der Waals surface area contributed by atoms with Crippen molar-refractivity contribution in [1.29, 1.82) is 0 Å². The first kappa shape index (κ1) is 11.4. The number of benzene rings is 2. The standard InChI is InChI=1S/C15H10ClFO/c16-11-3-6-13-10(7-11)8-14(15(13)18)9-1-4-12(17)5-2-9/h1-7,14H,8H2. The molecule has 0 aliphatic heterocycles. The number of fused-ring (bicyclic) bond motifs is 1. The van der Waals surface area contributed by atoms with Gasteiger partial charge in [-0.05, 0) is 47.9 Å². The maximum Gasteiger partial charge on any atom is 0.170 e. The fourth-order valence-corrected chi connectivity index (χ4v) is 2.63. The molecule has 0 N–H and O–H groups in total. The van der Waals surface area contributed by atoms with E-state index in [4.69, 9.17) is 11.6 Å². The summed E-state index contributed by atoms with van der Waals surface area (Å²) in [5, 5.41) is 0.640. The Labute approximate surface area is 109 Å². The molecule has 0 radical (unpaired) electrons.